The molecule has 0 fully saturated rings. The van der Waals surface area contributed by atoms with Gasteiger partial charge in [-0.05, 0) is 23.1 Å². The fraction of sp³-hybridized carbons (Fsp3) is 0.125. The van der Waals surface area contributed by atoms with Gasteiger partial charge in [-0.2, -0.15) is 0 Å². The van der Waals surface area contributed by atoms with Gasteiger partial charge in [0.25, 0.3) is 0 Å². The van der Waals surface area contributed by atoms with E-state index in [0.29, 0.717) is 6.04 Å². The number of anilines is 1. The molecule has 0 N–H and O–H groups in total. The highest BCUT2D eigenvalue weighted by Crippen LogP contribution is 2.37. The van der Waals surface area contributed by atoms with Crippen LogP contribution in [0.1, 0.15) is 16.5 Å². The van der Waals surface area contributed by atoms with Gasteiger partial charge in [0.2, 0.25) is 0 Å². The highest BCUT2D eigenvalue weighted by molar-refractivity contribution is 7.10. The fourth-order valence-corrected chi connectivity index (χ4v) is 3.21. The Balaban J connectivity index is 2.05. The number of thiophene rings is 1. The lowest BCUT2D eigenvalue weighted by Crippen LogP contribution is -2.29. The number of hydrogen-bond acceptors (Lipinski definition) is 2. The molecule has 3 rings (SSSR count). The minimum atomic E-state index is 0.331. The first-order valence-corrected chi connectivity index (χ1v) is 6.96. The zero-order chi connectivity index (χ0) is 12.4. The molecular formula is C16H15NS. The second kappa shape index (κ2) is 4.83. The number of benzene rings is 1. The van der Waals surface area contributed by atoms with E-state index >= 15 is 0 Å². The summed E-state index contributed by atoms with van der Waals surface area (Å²) in [6, 6.07) is 13.2. The van der Waals surface area contributed by atoms with Crippen LogP contribution in [0.2, 0.25) is 0 Å². The fourth-order valence-electron chi connectivity index (χ4n) is 2.40. The van der Waals surface area contributed by atoms with E-state index in [1.807, 2.05) is 6.08 Å². The van der Waals surface area contributed by atoms with Crippen LogP contribution in [0, 0.1) is 0 Å². The van der Waals surface area contributed by atoms with E-state index in [1.165, 1.54) is 16.1 Å². The molecule has 0 saturated heterocycles. The number of para-hydroxylation sites is 1. The summed E-state index contributed by atoms with van der Waals surface area (Å²) < 4.78 is 0. The zero-order valence-corrected chi connectivity index (χ0v) is 10.9. The molecule has 1 atom stereocenters. The molecule has 90 valence electrons. The summed E-state index contributed by atoms with van der Waals surface area (Å²) in [5.41, 5.74) is 2.57. The normalized spacial score (nSPS) is 17.6. The highest BCUT2D eigenvalue weighted by atomic mass is 32.1. The van der Waals surface area contributed by atoms with Gasteiger partial charge in [-0.25, -0.2) is 0 Å². The highest BCUT2D eigenvalue weighted by Gasteiger charge is 2.23. The smallest absolute Gasteiger partial charge is 0.0825 e. The summed E-state index contributed by atoms with van der Waals surface area (Å²) in [6.45, 7) is 4.75. The minimum Gasteiger partial charge on any atom is -0.356 e. The van der Waals surface area contributed by atoms with Gasteiger partial charge in [-0.3, -0.25) is 0 Å². The van der Waals surface area contributed by atoms with E-state index in [2.05, 4.69) is 65.4 Å². The molecule has 0 radical (unpaired) electrons. The Hall–Kier alpha value is -1.80. The van der Waals surface area contributed by atoms with Crippen LogP contribution in [0.25, 0.3) is 6.08 Å². The van der Waals surface area contributed by atoms with Gasteiger partial charge in [0.1, 0.15) is 0 Å². The van der Waals surface area contributed by atoms with Gasteiger partial charge in [0, 0.05) is 17.1 Å². The molecule has 18 heavy (non-hydrogen) atoms. The van der Waals surface area contributed by atoms with E-state index in [0.717, 1.165) is 6.54 Å². The van der Waals surface area contributed by atoms with Crippen molar-refractivity contribution in [3.8, 4) is 0 Å². The number of fused-ring (bicyclic) bond motifs is 1. The Kier molecular flexibility index (Phi) is 3.03. The van der Waals surface area contributed by atoms with Crippen LogP contribution >= 0.6 is 11.3 Å². The number of hydrogen-bond donors (Lipinski definition) is 0. The molecule has 0 aliphatic carbocycles. The van der Waals surface area contributed by atoms with Gasteiger partial charge >= 0.3 is 0 Å². The predicted octanol–water partition coefficient (Wildman–Crippen LogP) is 4.51. The first-order chi connectivity index (χ1) is 8.90. The van der Waals surface area contributed by atoms with Crippen molar-refractivity contribution < 1.29 is 0 Å². The van der Waals surface area contributed by atoms with Crippen LogP contribution in [0.15, 0.2) is 60.5 Å². The summed E-state index contributed by atoms with van der Waals surface area (Å²) in [4.78, 5) is 3.77. The Morgan fingerprint density at radius 2 is 2.11 bits per heavy atom. The third-order valence-electron chi connectivity index (χ3n) is 3.20. The number of nitrogens with zero attached hydrogens (tertiary/aromatic N) is 1. The Labute approximate surface area is 112 Å². The molecule has 2 heteroatoms. The standard InChI is InChI=1S/C16H15NS/c1-2-11-17-14-7-4-3-6-13(14)9-10-15(17)16-8-5-12-18-16/h2-10,12,15H,1,11H2. The molecule has 1 aromatic carbocycles. The summed E-state index contributed by atoms with van der Waals surface area (Å²) in [6.07, 6.45) is 6.47. The molecule has 1 unspecified atom stereocenters. The molecule has 1 aliphatic heterocycles. The SMILES string of the molecule is C=CCN1c2ccccc2C=CC1c1cccs1. The lowest BCUT2D eigenvalue weighted by Gasteiger charge is -2.34. The Morgan fingerprint density at radius 3 is 2.89 bits per heavy atom. The van der Waals surface area contributed by atoms with Crippen molar-refractivity contribution in [3.05, 3.63) is 70.9 Å². The van der Waals surface area contributed by atoms with Crippen molar-refractivity contribution in [1.29, 1.82) is 0 Å². The average Bonchev–Trinajstić information content (AvgIpc) is 2.93. The molecule has 0 spiro atoms. The lowest BCUT2D eigenvalue weighted by molar-refractivity contribution is 0.779. The van der Waals surface area contributed by atoms with Crippen LogP contribution < -0.4 is 4.90 Å². The van der Waals surface area contributed by atoms with Crippen LogP contribution in [-0.4, -0.2) is 6.54 Å². The summed E-state index contributed by atoms with van der Waals surface area (Å²) in [5, 5.41) is 2.13. The van der Waals surface area contributed by atoms with Crippen molar-refractivity contribution in [1.82, 2.24) is 0 Å². The maximum Gasteiger partial charge on any atom is 0.0825 e. The van der Waals surface area contributed by atoms with Gasteiger partial charge < -0.3 is 4.90 Å². The molecular weight excluding hydrogens is 238 g/mol. The molecule has 1 aliphatic rings. The van der Waals surface area contributed by atoms with E-state index in [1.54, 1.807) is 11.3 Å². The summed E-state index contributed by atoms with van der Waals surface area (Å²) >= 11 is 1.81. The molecule has 0 bridgehead atoms. The monoisotopic (exact) mass is 253 g/mol. The Bertz CT molecular complexity index is 569. The maximum atomic E-state index is 3.88. The average molecular weight is 253 g/mol. The van der Waals surface area contributed by atoms with E-state index in [9.17, 15) is 0 Å². The van der Waals surface area contributed by atoms with Gasteiger partial charge in [-0.1, -0.05) is 42.5 Å². The molecule has 0 saturated carbocycles. The van der Waals surface area contributed by atoms with Gasteiger partial charge in [0.05, 0.1) is 6.04 Å². The second-order valence-corrected chi connectivity index (χ2v) is 5.30. The van der Waals surface area contributed by atoms with Gasteiger partial charge in [-0.15, -0.1) is 17.9 Å². The largest absolute Gasteiger partial charge is 0.356 e. The molecule has 2 heterocycles. The Morgan fingerprint density at radius 1 is 1.22 bits per heavy atom. The van der Waals surface area contributed by atoms with E-state index < -0.39 is 0 Å². The van der Waals surface area contributed by atoms with E-state index in [-0.39, 0.29) is 0 Å². The van der Waals surface area contributed by atoms with Crippen LogP contribution in [0.5, 0.6) is 0 Å². The van der Waals surface area contributed by atoms with Crippen molar-refractivity contribution >= 4 is 23.1 Å². The summed E-state index contributed by atoms with van der Waals surface area (Å²) in [7, 11) is 0. The molecule has 0 amide bonds. The quantitative estimate of drug-likeness (QED) is 0.727. The van der Waals surface area contributed by atoms with Crippen LogP contribution in [0.4, 0.5) is 5.69 Å². The maximum absolute atomic E-state index is 3.88. The predicted molar refractivity (Wildman–Crippen MR) is 80.1 cm³/mol. The molecule has 1 nitrogen and oxygen atoms in total. The van der Waals surface area contributed by atoms with Crippen molar-refractivity contribution in [2.24, 2.45) is 0 Å². The van der Waals surface area contributed by atoms with Crippen molar-refractivity contribution in [2.75, 3.05) is 11.4 Å². The first-order valence-electron chi connectivity index (χ1n) is 6.08. The molecule has 2 aromatic rings. The second-order valence-electron chi connectivity index (χ2n) is 4.32. The summed E-state index contributed by atoms with van der Waals surface area (Å²) in [5.74, 6) is 0. The number of rotatable bonds is 3. The third-order valence-corrected chi connectivity index (χ3v) is 4.14. The third kappa shape index (κ3) is 1.89. The van der Waals surface area contributed by atoms with Crippen molar-refractivity contribution in [2.45, 2.75) is 6.04 Å². The zero-order valence-electron chi connectivity index (χ0n) is 10.1. The van der Waals surface area contributed by atoms with Crippen LogP contribution in [0.3, 0.4) is 0 Å². The van der Waals surface area contributed by atoms with Gasteiger partial charge in [0.15, 0.2) is 0 Å². The van der Waals surface area contributed by atoms with Crippen molar-refractivity contribution in [3.63, 3.8) is 0 Å². The first kappa shape index (κ1) is 11.3. The lowest BCUT2D eigenvalue weighted by atomic mass is 10.0. The molecule has 1 aromatic heterocycles. The van der Waals surface area contributed by atoms with E-state index in [4.69, 9.17) is 0 Å². The van der Waals surface area contributed by atoms with Crippen LogP contribution in [-0.2, 0) is 0 Å². The topological polar surface area (TPSA) is 3.24 Å². The minimum absolute atomic E-state index is 0.331.